The first-order valence-corrected chi connectivity index (χ1v) is 10.8. The topological polar surface area (TPSA) is 65.5 Å². The van der Waals surface area contributed by atoms with E-state index in [9.17, 15) is 9.59 Å². The molecule has 0 saturated carbocycles. The van der Waals surface area contributed by atoms with Gasteiger partial charge in [0.25, 0.3) is 0 Å². The third kappa shape index (κ3) is 6.87. The summed E-state index contributed by atoms with van der Waals surface area (Å²) in [6.45, 7) is 2.73. The number of likely N-dealkylation sites (tertiary alicyclic amines) is 1. The lowest BCUT2D eigenvalue weighted by Crippen LogP contribution is -2.45. The van der Waals surface area contributed by atoms with Gasteiger partial charge in [-0.25, -0.2) is 4.79 Å². The molecule has 3 amide bonds. The van der Waals surface area contributed by atoms with Gasteiger partial charge in [-0.3, -0.25) is 9.78 Å². The number of amides is 3. The van der Waals surface area contributed by atoms with Crippen LogP contribution in [0, 0.1) is 5.92 Å². The first-order chi connectivity index (χ1) is 14.6. The van der Waals surface area contributed by atoms with E-state index < -0.39 is 0 Å². The molecule has 1 aromatic carbocycles. The highest BCUT2D eigenvalue weighted by molar-refractivity contribution is 5.76. The fourth-order valence-electron chi connectivity index (χ4n) is 3.84. The van der Waals surface area contributed by atoms with E-state index in [0.717, 1.165) is 50.0 Å². The Morgan fingerprint density at radius 1 is 1.17 bits per heavy atom. The fourth-order valence-corrected chi connectivity index (χ4v) is 3.84. The molecule has 1 aliphatic heterocycles. The van der Waals surface area contributed by atoms with Crippen molar-refractivity contribution in [3.63, 3.8) is 0 Å². The number of nitrogens with one attached hydrogen (secondary N) is 1. The van der Waals surface area contributed by atoms with Gasteiger partial charge >= 0.3 is 6.03 Å². The molecule has 2 aromatic rings. The van der Waals surface area contributed by atoms with Gasteiger partial charge in [-0.1, -0.05) is 36.4 Å². The Hall–Kier alpha value is -2.89. The molecule has 1 fully saturated rings. The van der Waals surface area contributed by atoms with E-state index in [0.29, 0.717) is 25.4 Å². The van der Waals surface area contributed by atoms with E-state index in [2.05, 4.69) is 10.3 Å². The number of carbonyl (C=O) groups excluding carboxylic acids is 2. The summed E-state index contributed by atoms with van der Waals surface area (Å²) >= 11 is 0. The molecule has 6 heteroatoms. The summed E-state index contributed by atoms with van der Waals surface area (Å²) in [6, 6.07) is 15.8. The van der Waals surface area contributed by atoms with Crippen molar-refractivity contribution in [2.75, 3.05) is 26.7 Å². The van der Waals surface area contributed by atoms with E-state index in [1.165, 1.54) is 0 Å². The number of urea groups is 1. The summed E-state index contributed by atoms with van der Waals surface area (Å²) in [5.41, 5.74) is 2.10. The van der Waals surface area contributed by atoms with Crippen molar-refractivity contribution in [1.82, 2.24) is 20.1 Å². The van der Waals surface area contributed by atoms with Crippen LogP contribution >= 0.6 is 0 Å². The molecule has 0 spiro atoms. The highest BCUT2D eigenvalue weighted by Gasteiger charge is 2.24. The Morgan fingerprint density at radius 2 is 1.97 bits per heavy atom. The molecule has 6 nitrogen and oxygen atoms in total. The maximum absolute atomic E-state index is 12.5. The summed E-state index contributed by atoms with van der Waals surface area (Å²) < 4.78 is 0. The Bertz CT molecular complexity index is 797. The van der Waals surface area contributed by atoms with Crippen LogP contribution in [0.4, 0.5) is 4.79 Å². The zero-order valence-electron chi connectivity index (χ0n) is 17.8. The number of carbonyl (C=O) groups is 2. The molecular formula is C24H32N4O2. The molecule has 1 atom stereocenters. The van der Waals surface area contributed by atoms with Gasteiger partial charge in [-0.15, -0.1) is 0 Å². The Balaban J connectivity index is 1.37. The molecule has 1 saturated heterocycles. The summed E-state index contributed by atoms with van der Waals surface area (Å²) in [5, 5.41) is 3.01. The van der Waals surface area contributed by atoms with Gasteiger partial charge < -0.3 is 15.1 Å². The van der Waals surface area contributed by atoms with E-state index in [1.807, 2.05) is 60.5 Å². The number of aromatic nitrogens is 1. The molecule has 1 unspecified atom stereocenters. The minimum Gasteiger partial charge on any atom is -0.345 e. The lowest BCUT2D eigenvalue weighted by Gasteiger charge is -2.33. The average Bonchev–Trinajstić information content (AvgIpc) is 2.81. The van der Waals surface area contributed by atoms with Gasteiger partial charge in [0, 0.05) is 58.0 Å². The number of pyridine rings is 1. The number of likely N-dealkylation sites (N-methyl/N-ethyl adjacent to an activating group) is 1. The smallest absolute Gasteiger partial charge is 0.317 e. The van der Waals surface area contributed by atoms with Crippen LogP contribution in [0.25, 0.3) is 0 Å². The van der Waals surface area contributed by atoms with Crippen LogP contribution in [-0.2, 0) is 17.8 Å². The summed E-state index contributed by atoms with van der Waals surface area (Å²) in [6.07, 6.45) is 5.97. The molecule has 1 aliphatic rings. The second-order valence-electron chi connectivity index (χ2n) is 8.02. The number of benzene rings is 1. The quantitative estimate of drug-likeness (QED) is 0.727. The molecule has 2 heterocycles. The molecule has 0 aliphatic carbocycles. The van der Waals surface area contributed by atoms with Crippen molar-refractivity contribution in [1.29, 1.82) is 0 Å². The summed E-state index contributed by atoms with van der Waals surface area (Å²) in [5.74, 6) is 0.547. The molecule has 0 radical (unpaired) electrons. The van der Waals surface area contributed by atoms with Crippen LogP contribution in [0.1, 0.15) is 36.9 Å². The first kappa shape index (κ1) is 21.8. The van der Waals surface area contributed by atoms with E-state index in [-0.39, 0.29) is 11.9 Å². The van der Waals surface area contributed by atoms with Gasteiger partial charge in [0.1, 0.15) is 0 Å². The first-order valence-electron chi connectivity index (χ1n) is 10.8. The number of piperidine rings is 1. The van der Waals surface area contributed by atoms with Gasteiger partial charge in [0.05, 0.1) is 0 Å². The van der Waals surface area contributed by atoms with Crippen LogP contribution < -0.4 is 5.32 Å². The Labute approximate surface area is 179 Å². The van der Waals surface area contributed by atoms with Crippen molar-refractivity contribution >= 4 is 11.9 Å². The standard InChI is InChI=1S/C24H32N4O2/c1-27(17-14-22-11-5-6-15-25-22)23(29)13-12-21-10-7-16-28(19-21)24(30)26-18-20-8-3-2-4-9-20/h2-6,8-9,11,15,21H,7,10,12-14,16-19H2,1H3,(H,26,30). The highest BCUT2D eigenvalue weighted by Crippen LogP contribution is 2.21. The van der Waals surface area contributed by atoms with Gasteiger partial charge in [0.2, 0.25) is 5.91 Å². The molecule has 1 aromatic heterocycles. The van der Waals surface area contributed by atoms with Crippen molar-refractivity contribution < 1.29 is 9.59 Å². The van der Waals surface area contributed by atoms with Crippen LogP contribution in [0.15, 0.2) is 54.7 Å². The van der Waals surface area contributed by atoms with E-state index in [1.54, 1.807) is 11.1 Å². The molecular weight excluding hydrogens is 376 g/mol. The second kappa shape index (κ2) is 11.3. The lowest BCUT2D eigenvalue weighted by molar-refractivity contribution is -0.130. The summed E-state index contributed by atoms with van der Waals surface area (Å²) in [4.78, 5) is 33.0. The summed E-state index contributed by atoms with van der Waals surface area (Å²) in [7, 11) is 1.86. The van der Waals surface area contributed by atoms with Gasteiger partial charge in [0.15, 0.2) is 0 Å². The number of hydrogen-bond donors (Lipinski definition) is 1. The van der Waals surface area contributed by atoms with Gasteiger partial charge in [-0.2, -0.15) is 0 Å². The second-order valence-corrected chi connectivity index (χ2v) is 8.02. The Kier molecular flexibility index (Phi) is 8.24. The van der Waals surface area contributed by atoms with Crippen LogP contribution in [0.3, 0.4) is 0 Å². The predicted molar refractivity (Wildman–Crippen MR) is 118 cm³/mol. The lowest BCUT2D eigenvalue weighted by atomic mass is 9.93. The Morgan fingerprint density at radius 3 is 2.73 bits per heavy atom. The highest BCUT2D eigenvalue weighted by atomic mass is 16.2. The zero-order chi connectivity index (χ0) is 21.2. The van der Waals surface area contributed by atoms with Crippen molar-refractivity contribution in [3.8, 4) is 0 Å². The SMILES string of the molecule is CN(CCc1ccccn1)C(=O)CCC1CCCN(C(=O)NCc2ccccc2)C1. The maximum Gasteiger partial charge on any atom is 0.317 e. The molecule has 0 bridgehead atoms. The minimum atomic E-state index is -0.0117. The molecule has 1 N–H and O–H groups in total. The normalized spacial score (nSPS) is 16.2. The average molecular weight is 409 g/mol. The third-order valence-electron chi connectivity index (χ3n) is 5.71. The molecule has 160 valence electrons. The van der Waals surface area contributed by atoms with E-state index >= 15 is 0 Å². The monoisotopic (exact) mass is 408 g/mol. The predicted octanol–water partition coefficient (Wildman–Crippen LogP) is 3.48. The number of hydrogen-bond acceptors (Lipinski definition) is 3. The zero-order valence-corrected chi connectivity index (χ0v) is 17.8. The number of nitrogens with zero attached hydrogens (tertiary/aromatic N) is 3. The molecule has 3 rings (SSSR count). The third-order valence-corrected chi connectivity index (χ3v) is 5.71. The largest absolute Gasteiger partial charge is 0.345 e. The van der Waals surface area contributed by atoms with Crippen molar-refractivity contribution in [2.24, 2.45) is 5.92 Å². The van der Waals surface area contributed by atoms with Gasteiger partial charge in [-0.05, 0) is 42.9 Å². The minimum absolute atomic E-state index is 0.0117. The van der Waals surface area contributed by atoms with Crippen LogP contribution in [-0.4, -0.2) is 53.4 Å². The van der Waals surface area contributed by atoms with E-state index in [4.69, 9.17) is 0 Å². The number of rotatable bonds is 8. The van der Waals surface area contributed by atoms with Crippen LogP contribution in [0.2, 0.25) is 0 Å². The molecule has 30 heavy (non-hydrogen) atoms. The fraction of sp³-hybridized carbons (Fsp3) is 0.458. The van der Waals surface area contributed by atoms with Crippen LogP contribution in [0.5, 0.6) is 0 Å². The van der Waals surface area contributed by atoms with Crippen molar-refractivity contribution in [2.45, 2.75) is 38.6 Å². The van der Waals surface area contributed by atoms with Crippen molar-refractivity contribution in [3.05, 3.63) is 66.0 Å². The maximum atomic E-state index is 12.5.